The maximum absolute atomic E-state index is 13.4. The zero-order valence-electron chi connectivity index (χ0n) is 21.3. The fourth-order valence-electron chi connectivity index (χ4n) is 8.43. The number of hydrogen-bond acceptors (Lipinski definition) is 8. The standard InChI is InChI=1S/C27H37BrO9/c1-25-9-10-27(28)16(4-3-13-11-14(29)7-8-26(13,27)2)15(25)5-6-17(25)18(30)12-36-24-21(33)19(31)20(32)22(37-24)23(34)35/h11,15-17,19-22,24,31-33H,3-10,12H2,1-2H3,(H,34,35)/t15-,16-,17+,19-,20-,21+,22-,24?,25-,26-,27+/m0/s1. The third kappa shape index (κ3) is 4.09. The molecule has 37 heavy (non-hydrogen) atoms. The van der Waals surface area contributed by atoms with Crippen LogP contribution in [0.4, 0.5) is 0 Å². The first kappa shape index (κ1) is 27.4. The molecule has 0 aromatic heterocycles. The highest BCUT2D eigenvalue weighted by molar-refractivity contribution is 9.10. The lowest BCUT2D eigenvalue weighted by Crippen LogP contribution is -2.61. The van der Waals surface area contributed by atoms with E-state index in [4.69, 9.17) is 9.47 Å². The first-order valence-electron chi connectivity index (χ1n) is 13.3. The molecule has 4 N–H and O–H groups in total. The quantitative estimate of drug-likeness (QED) is 0.356. The van der Waals surface area contributed by atoms with Gasteiger partial charge in [-0.05, 0) is 68.3 Å². The molecule has 1 saturated heterocycles. The summed E-state index contributed by atoms with van der Waals surface area (Å²) in [4.78, 5) is 36.9. The van der Waals surface area contributed by atoms with E-state index in [1.807, 2.05) is 6.08 Å². The Hall–Kier alpha value is -1.17. The summed E-state index contributed by atoms with van der Waals surface area (Å²) in [7, 11) is 0. The summed E-state index contributed by atoms with van der Waals surface area (Å²) in [5.74, 6) is -0.906. The predicted molar refractivity (Wildman–Crippen MR) is 134 cm³/mol. The Labute approximate surface area is 224 Å². The molecule has 5 aliphatic rings. The molecule has 4 fully saturated rings. The number of aliphatic carboxylic acids is 1. The van der Waals surface area contributed by atoms with E-state index in [0.717, 1.165) is 44.9 Å². The average Bonchev–Trinajstić information content (AvgIpc) is 3.20. The van der Waals surface area contributed by atoms with Crippen LogP contribution in [0.25, 0.3) is 0 Å². The zero-order valence-corrected chi connectivity index (χ0v) is 22.9. The summed E-state index contributed by atoms with van der Waals surface area (Å²) in [5.41, 5.74) is 0.977. The van der Waals surface area contributed by atoms with E-state index < -0.39 is 36.7 Å². The van der Waals surface area contributed by atoms with E-state index in [9.17, 15) is 34.8 Å². The van der Waals surface area contributed by atoms with Gasteiger partial charge in [0.25, 0.3) is 0 Å². The molecule has 1 unspecified atom stereocenters. The number of fused-ring (bicyclic) bond motifs is 5. The Balaban J connectivity index is 1.29. The Morgan fingerprint density at radius 1 is 1.03 bits per heavy atom. The largest absolute Gasteiger partial charge is 0.479 e. The number of rotatable bonds is 5. The lowest BCUT2D eigenvalue weighted by Gasteiger charge is -2.63. The van der Waals surface area contributed by atoms with Crippen LogP contribution in [-0.2, 0) is 23.9 Å². The minimum Gasteiger partial charge on any atom is -0.479 e. The first-order chi connectivity index (χ1) is 17.3. The van der Waals surface area contributed by atoms with Crippen molar-refractivity contribution in [2.24, 2.45) is 28.6 Å². The second-order valence-electron chi connectivity index (χ2n) is 12.2. The highest BCUT2D eigenvalue weighted by atomic mass is 79.9. The molecule has 1 aliphatic heterocycles. The minimum atomic E-state index is -1.81. The third-order valence-corrected chi connectivity index (χ3v) is 12.5. The highest BCUT2D eigenvalue weighted by Crippen LogP contribution is 2.71. The molecule has 206 valence electrons. The second-order valence-corrected chi connectivity index (χ2v) is 13.6. The number of allylic oxidation sites excluding steroid dienone is 1. The van der Waals surface area contributed by atoms with Crippen LogP contribution in [0.1, 0.15) is 65.2 Å². The van der Waals surface area contributed by atoms with E-state index in [2.05, 4.69) is 29.8 Å². The first-order valence-corrected chi connectivity index (χ1v) is 14.1. The molecule has 1 heterocycles. The molecule has 11 atom stereocenters. The van der Waals surface area contributed by atoms with Gasteiger partial charge in [-0.1, -0.05) is 35.4 Å². The summed E-state index contributed by atoms with van der Waals surface area (Å²) in [5, 5.41) is 39.4. The third-order valence-electron chi connectivity index (χ3n) is 10.7. The van der Waals surface area contributed by atoms with Crippen LogP contribution in [0.2, 0.25) is 0 Å². The molecule has 0 spiro atoms. The number of hydrogen-bond donors (Lipinski definition) is 4. The monoisotopic (exact) mass is 584 g/mol. The van der Waals surface area contributed by atoms with Crippen LogP contribution in [0.3, 0.4) is 0 Å². The molecule has 0 bridgehead atoms. The number of carboxylic acids is 1. The van der Waals surface area contributed by atoms with Gasteiger partial charge in [0.05, 0.1) is 0 Å². The Morgan fingerprint density at radius 3 is 2.46 bits per heavy atom. The molecule has 0 aromatic carbocycles. The van der Waals surface area contributed by atoms with E-state index >= 15 is 0 Å². The molecular weight excluding hydrogens is 548 g/mol. The Bertz CT molecular complexity index is 1010. The lowest BCUT2D eigenvalue weighted by atomic mass is 9.46. The van der Waals surface area contributed by atoms with Crippen molar-refractivity contribution in [3.8, 4) is 0 Å². The summed E-state index contributed by atoms with van der Waals surface area (Å²) in [6.45, 7) is 4.12. The normalized spacial score (nSPS) is 49.5. The van der Waals surface area contributed by atoms with Gasteiger partial charge >= 0.3 is 5.97 Å². The predicted octanol–water partition coefficient (Wildman–Crippen LogP) is 2.13. The van der Waals surface area contributed by atoms with Crippen LogP contribution in [0, 0.1) is 28.6 Å². The van der Waals surface area contributed by atoms with E-state index in [1.54, 1.807) is 0 Å². The van der Waals surface area contributed by atoms with Crippen LogP contribution < -0.4 is 0 Å². The molecule has 0 aromatic rings. The van der Waals surface area contributed by atoms with E-state index in [0.29, 0.717) is 18.3 Å². The molecule has 3 saturated carbocycles. The average molecular weight is 585 g/mol. The van der Waals surface area contributed by atoms with Crippen LogP contribution in [-0.4, -0.2) is 79.6 Å². The van der Waals surface area contributed by atoms with Crippen molar-refractivity contribution in [1.82, 2.24) is 0 Å². The highest BCUT2D eigenvalue weighted by Gasteiger charge is 2.66. The molecule has 0 radical (unpaired) electrons. The van der Waals surface area contributed by atoms with Gasteiger partial charge in [0.1, 0.15) is 24.9 Å². The SMILES string of the molecule is C[C@]12CC[C@@]3(Br)[C@@H](CCC4=CC(=O)CC[C@@]43C)[C@@H]1CC[C@@H]2C(=O)COC1O[C@H](C(=O)O)[C@@H](O)[C@H](O)[C@H]1O. The fraction of sp³-hybridized carbons (Fsp3) is 0.815. The number of carboxylic acid groups (broad SMARTS) is 1. The second kappa shape index (κ2) is 9.48. The number of Topliss-reactive ketones (excluding diaryl/α,β-unsaturated/α-hetero) is 1. The Morgan fingerprint density at radius 2 is 1.76 bits per heavy atom. The van der Waals surface area contributed by atoms with E-state index in [-0.39, 0.29) is 39.2 Å². The van der Waals surface area contributed by atoms with Gasteiger partial charge in [-0.2, -0.15) is 0 Å². The van der Waals surface area contributed by atoms with Crippen molar-refractivity contribution in [3.63, 3.8) is 0 Å². The summed E-state index contributed by atoms with van der Waals surface area (Å²) in [6, 6.07) is 0. The fourth-order valence-corrected chi connectivity index (χ4v) is 9.63. The van der Waals surface area contributed by atoms with Gasteiger partial charge in [0.15, 0.2) is 24.0 Å². The lowest BCUT2D eigenvalue weighted by molar-refractivity contribution is -0.292. The maximum atomic E-state index is 13.4. The van der Waals surface area contributed by atoms with Crippen molar-refractivity contribution in [3.05, 3.63) is 11.6 Å². The van der Waals surface area contributed by atoms with Gasteiger partial charge in [-0.3, -0.25) is 9.59 Å². The summed E-state index contributed by atoms with van der Waals surface area (Å²) in [6.07, 6.45) is 0.0600. The van der Waals surface area contributed by atoms with Gasteiger partial charge in [0, 0.05) is 22.1 Å². The number of halogens is 1. The molecule has 10 heteroatoms. The molecule has 5 rings (SSSR count). The van der Waals surface area contributed by atoms with Crippen LogP contribution >= 0.6 is 15.9 Å². The van der Waals surface area contributed by atoms with Crippen molar-refractivity contribution in [2.75, 3.05) is 6.61 Å². The molecule has 0 amide bonds. The number of aliphatic hydroxyl groups is 3. The molecule has 4 aliphatic carbocycles. The van der Waals surface area contributed by atoms with Gasteiger partial charge in [-0.15, -0.1) is 0 Å². The Kier molecular flexibility index (Phi) is 7.02. The summed E-state index contributed by atoms with van der Waals surface area (Å²) < 4.78 is 10.6. The number of ether oxygens (including phenoxy) is 2. The van der Waals surface area contributed by atoms with Crippen LogP contribution in [0.15, 0.2) is 11.6 Å². The van der Waals surface area contributed by atoms with Crippen LogP contribution in [0.5, 0.6) is 0 Å². The van der Waals surface area contributed by atoms with Gasteiger partial charge < -0.3 is 29.9 Å². The van der Waals surface area contributed by atoms with Crippen molar-refractivity contribution in [2.45, 2.75) is 100 Å². The molecule has 9 nitrogen and oxygen atoms in total. The topological polar surface area (TPSA) is 151 Å². The summed E-state index contributed by atoms with van der Waals surface area (Å²) >= 11 is 4.23. The van der Waals surface area contributed by atoms with Crippen molar-refractivity contribution < 1.29 is 44.3 Å². The number of ketones is 2. The van der Waals surface area contributed by atoms with Crippen molar-refractivity contribution >= 4 is 33.5 Å². The number of aliphatic hydroxyl groups excluding tert-OH is 3. The van der Waals surface area contributed by atoms with Crippen molar-refractivity contribution in [1.29, 1.82) is 0 Å². The van der Waals surface area contributed by atoms with Gasteiger partial charge in [-0.25, -0.2) is 4.79 Å². The van der Waals surface area contributed by atoms with E-state index in [1.165, 1.54) is 5.57 Å². The number of carbonyl (C=O) groups excluding carboxylic acids is 2. The smallest absolute Gasteiger partial charge is 0.335 e. The zero-order chi connectivity index (χ0) is 26.9. The minimum absolute atomic E-state index is 0.0725. The maximum Gasteiger partial charge on any atom is 0.335 e. The van der Waals surface area contributed by atoms with Gasteiger partial charge in [0.2, 0.25) is 0 Å². The number of alkyl halides is 1. The molecular formula is C27H37BrO9. The number of carbonyl (C=O) groups is 3.